The zero-order valence-corrected chi connectivity index (χ0v) is 9.61. The average molecular weight is 210 g/mol. The molecule has 1 saturated carbocycles. The van der Waals surface area contributed by atoms with Crippen molar-refractivity contribution in [2.24, 2.45) is 17.6 Å². The predicted molar refractivity (Wildman–Crippen MR) is 60.3 cm³/mol. The summed E-state index contributed by atoms with van der Waals surface area (Å²) in [4.78, 5) is 14.3. The minimum atomic E-state index is 0.304. The van der Waals surface area contributed by atoms with E-state index in [1.807, 2.05) is 0 Å². The van der Waals surface area contributed by atoms with Crippen LogP contribution in [-0.2, 0) is 4.79 Å². The molecule has 0 bridgehead atoms. The average Bonchev–Trinajstić information content (AvgIpc) is 2.85. The Labute approximate surface area is 92.0 Å². The van der Waals surface area contributed by atoms with E-state index >= 15 is 0 Å². The number of hydrogen-bond acceptors (Lipinski definition) is 2. The predicted octanol–water partition coefficient (Wildman–Crippen LogP) is 1.37. The van der Waals surface area contributed by atoms with Crippen LogP contribution >= 0.6 is 0 Å². The van der Waals surface area contributed by atoms with Gasteiger partial charge in [0.25, 0.3) is 0 Å². The molecule has 1 saturated heterocycles. The van der Waals surface area contributed by atoms with Gasteiger partial charge in [-0.15, -0.1) is 0 Å². The summed E-state index contributed by atoms with van der Waals surface area (Å²) in [7, 11) is 0. The molecule has 1 heterocycles. The van der Waals surface area contributed by atoms with Crippen LogP contribution in [0.1, 0.15) is 39.0 Å². The van der Waals surface area contributed by atoms with Crippen molar-refractivity contribution < 1.29 is 4.79 Å². The second-order valence-electron chi connectivity index (χ2n) is 5.08. The molecular weight excluding hydrogens is 188 g/mol. The van der Waals surface area contributed by atoms with Crippen LogP contribution in [0.4, 0.5) is 0 Å². The lowest BCUT2D eigenvalue weighted by atomic mass is 10.0. The molecule has 0 spiro atoms. The van der Waals surface area contributed by atoms with Gasteiger partial charge in [0.2, 0.25) is 5.91 Å². The monoisotopic (exact) mass is 210 g/mol. The number of carbonyl (C=O) groups is 1. The Morgan fingerprint density at radius 1 is 1.33 bits per heavy atom. The molecule has 15 heavy (non-hydrogen) atoms. The summed E-state index contributed by atoms with van der Waals surface area (Å²) in [5.74, 6) is 1.28. The highest BCUT2D eigenvalue weighted by atomic mass is 16.2. The molecule has 0 aromatic heterocycles. The SMILES string of the molecule is CC1CCN(C(=O)C2CCCC2)C1CN. The smallest absolute Gasteiger partial charge is 0.225 e. The number of nitrogens with two attached hydrogens (primary N) is 1. The van der Waals surface area contributed by atoms with Gasteiger partial charge in [-0.1, -0.05) is 19.8 Å². The van der Waals surface area contributed by atoms with E-state index in [1.165, 1.54) is 12.8 Å². The van der Waals surface area contributed by atoms with Gasteiger partial charge in [-0.25, -0.2) is 0 Å². The third-order valence-electron chi connectivity index (χ3n) is 4.11. The normalized spacial score (nSPS) is 32.5. The van der Waals surface area contributed by atoms with Crippen LogP contribution in [0.25, 0.3) is 0 Å². The van der Waals surface area contributed by atoms with Crippen molar-refractivity contribution in [3.8, 4) is 0 Å². The Morgan fingerprint density at radius 3 is 2.60 bits per heavy atom. The lowest BCUT2D eigenvalue weighted by Crippen LogP contribution is -2.44. The van der Waals surface area contributed by atoms with E-state index in [0.717, 1.165) is 25.8 Å². The summed E-state index contributed by atoms with van der Waals surface area (Å²) < 4.78 is 0. The highest BCUT2D eigenvalue weighted by molar-refractivity contribution is 5.79. The molecule has 3 heteroatoms. The third kappa shape index (κ3) is 2.03. The standard InChI is InChI=1S/C12H22N2O/c1-9-6-7-14(11(9)8-13)12(15)10-4-2-3-5-10/h9-11H,2-8,13H2,1H3. The number of likely N-dealkylation sites (tertiary alicyclic amines) is 1. The van der Waals surface area contributed by atoms with Gasteiger partial charge in [0, 0.05) is 25.0 Å². The maximum atomic E-state index is 12.2. The van der Waals surface area contributed by atoms with E-state index in [1.54, 1.807) is 0 Å². The van der Waals surface area contributed by atoms with Gasteiger partial charge in [0.05, 0.1) is 0 Å². The van der Waals surface area contributed by atoms with Crippen molar-refractivity contribution in [2.75, 3.05) is 13.1 Å². The maximum Gasteiger partial charge on any atom is 0.225 e. The Hall–Kier alpha value is -0.570. The minimum Gasteiger partial charge on any atom is -0.338 e. The quantitative estimate of drug-likeness (QED) is 0.748. The molecule has 2 atom stereocenters. The van der Waals surface area contributed by atoms with Crippen molar-refractivity contribution in [3.63, 3.8) is 0 Å². The fourth-order valence-corrected chi connectivity index (χ4v) is 3.05. The van der Waals surface area contributed by atoms with Gasteiger partial charge < -0.3 is 10.6 Å². The van der Waals surface area contributed by atoms with E-state index < -0.39 is 0 Å². The zero-order valence-electron chi connectivity index (χ0n) is 9.61. The first-order chi connectivity index (χ1) is 7.24. The second kappa shape index (κ2) is 4.52. The van der Waals surface area contributed by atoms with Crippen LogP contribution in [0.5, 0.6) is 0 Å². The van der Waals surface area contributed by atoms with Crippen LogP contribution in [0.3, 0.4) is 0 Å². The highest BCUT2D eigenvalue weighted by Gasteiger charge is 2.36. The Bertz CT molecular complexity index is 236. The molecule has 0 aromatic carbocycles. The van der Waals surface area contributed by atoms with E-state index in [2.05, 4.69) is 11.8 Å². The lowest BCUT2D eigenvalue weighted by molar-refractivity contribution is -0.136. The number of rotatable bonds is 2. The molecule has 0 aromatic rings. The summed E-state index contributed by atoms with van der Waals surface area (Å²) in [5.41, 5.74) is 5.76. The van der Waals surface area contributed by atoms with E-state index in [-0.39, 0.29) is 0 Å². The van der Waals surface area contributed by atoms with Gasteiger partial charge in [-0.05, 0) is 25.2 Å². The van der Waals surface area contributed by atoms with E-state index in [4.69, 9.17) is 5.73 Å². The minimum absolute atomic E-state index is 0.304. The van der Waals surface area contributed by atoms with Crippen LogP contribution in [0.15, 0.2) is 0 Å². The molecule has 2 unspecified atom stereocenters. The first kappa shape index (κ1) is 10.9. The summed E-state index contributed by atoms with van der Waals surface area (Å²) in [6.07, 6.45) is 5.78. The Balaban J connectivity index is 2.00. The summed E-state index contributed by atoms with van der Waals surface area (Å²) in [6, 6.07) is 0.304. The highest BCUT2D eigenvalue weighted by Crippen LogP contribution is 2.31. The van der Waals surface area contributed by atoms with Crippen LogP contribution in [0.2, 0.25) is 0 Å². The molecule has 86 valence electrons. The topological polar surface area (TPSA) is 46.3 Å². The van der Waals surface area contributed by atoms with Gasteiger partial charge in [0.1, 0.15) is 0 Å². The van der Waals surface area contributed by atoms with E-state index in [9.17, 15) is 4.79 Å². The second-order valence-corrected chi connectivity index (χ2v) is 5.08. The molecule has 1 amide bonds. The van der Waals surface area contributed by atoms with Crippen molar-refractivity contribution in [1.82, 2.24) is 4.90 Å². The van der Waals surface area contributed by atoms with Gasteiger partial charge >= 0.3 is 0 Å². The summed E-state index contributed by atoms with van der Waals surface area (Å²) in [5, 5.41) is 0. The molecule has 0 radical (unpaired) electrons. The van der Waals surface area contributed by atoms with Gasteiger partial charge in [0.15, 0.2) is 0 Å². The number of amides is 1. The zero-order chi connectivity index (χ0) is 10.8. The summed E-state index contributed by atoms with van der Waals surface area (Å²) in [6.45, 7) is 3.76. The fraction of sp³-hybridized carbons (Fsp3) is 0.917. The number of nitrogens with zero attached hydrogens (tertiary/aromatic N) is 1. The van der Waals surface area contributed by atoms with Crippen LogP contribution in [0, 0.1) is 11.8 Å². The van der Waals surface area contributed by atoms with Crippen molar-refractivity contribution in [1.29, 1.82) is 0 Å². The van der Waals surface area contributed by atoms with Crippen LogP contribution < -0.4 is 5.73 Å². The molecule has 2 fully saturated rings. The Morgan fingerprint density at radius 2 is 2.00 bits per heavy atom. The first-order valence-corrected chi connectivity index (χ1v) is 6.24. The first-order valence-electron chi connectivity index (χ1n) is 6.24. The largest absolute Gasteiger partial charge is 0.338 e. The Kier molecular flexibility index (Phi) is 3.29. The maximum absolute atomic E-state index is 12.2. The third-order valence-corrected chi connectivity index (χ3v) is 4.11. The molecule has 2 rings (SSSR count). The summed E-state index contributed by atoms with van der Waals surface area (Å²) >= 11 is 0. The fourth-order valence-electron chi connectivity index (χ4n) is 3.05. The van der Waals surface area contributed by atoms with Crippen molar-refractivity contribution in [2.45, 2.75) is 45.1 Å². The molecule has 2 N–H and O–H groups in total. The van der Waals surface area contributed by atoms with Crippen molar-refractivity contribution >= 4 is 5.91 Å². The number of hydrogen-bond donors (Lipinski definition) is 1. The molecular formula is C12H22N2O. The van der Waals surface area contributed by atoms with Crippen molar-refractivity contribution in [3.05, 3.63) is 0 Å². The van der Waals surface area contributed by atoms with Gasteiger partial charge in [-0.3, -0.25) is 4.79 Å². The van der Waals surface area contributed by atoms with E-state index in [0.29, 0.717) is 30.3 Å². The van der Waals surface area contributed by atoms with Crippen LogP contribution in [-0.4, -0.2) is 29.9 Å². The lowest BCUT2D eigenvalue weighted by Gasteiger charge is -2.28. The van der Waals surface area contributed by atoms with Gasteiger partial charge in [-0.2, -0.15) is 0 Å². The molecule has 3 nitrogen and oxygen atoms in total. The molecule has 2 aliphatic rings. The molecule has 1 aliphatic carbocycles. The number of carbonyl (C=O) groups excluding carboxylic acids is 1. The molecule has 1 aliphatic heterocycles.